The van der Waals surface area contributed by atoms with Gasteiger partial charge < -0.3 is 9.67 Å². The van der Waals surface area contributed by atoms with Crippen LogP contribution in [0.5, 0.6) is 0 Å². The zero-order valence-corrected chi connectivity index (χ0v) is 10.9. The Morgan fingerprint density at radius 1 is 1.32 bits per heavy atom. The third-order valence-corrected chi connectivity index (χ3v) is 3.74. The first-order chi connectivity index (χ1) is 9.16. The number of rotatable bonds is 2. The van der Waals surface area contributed by atoms with Crippen molar-refractivity contribution in [3.8, 4) is 5.69 Å². The van der Waals surface area contributed by atoms with Crippen LogP contribution in [-0.2, 0) is 12.8 Å². The Kier molecular flexibility index (Phi) is 3.11. The summed E-state index contributed by atoms with van der Waals surface area (Å²) in [5.41, 5.74) is 3.32. The minimum Gasteiger partial charge on any atom is -0.389 e. The predicted octanol–water partition coefficient (Wildman–Crippen LogP) is 2.94. The second-order valence-corrected chi connectivity index (χ2v) is 5.10. The molecule has 19 heavy (non-hydrogen) atoms. The number of fused-ring (bicyclic) bond motifs is 1. The molecule has 1 atom stereocenters. The van der Waals surface area contributed by atoms with E-state index in [0.29, 0.717) is 11.3 Å². The molecule has 0 saturated heterocycles. The fraction of sp³-hybridized carbons (Fsp3) is 0.400. The molecule has 1 aromatic heterocycles. The first kappa shape index (κ1) is 12.4. The molecule has 0 saturated carbocycles. The quantitative estimate of drug-likeness (QED) is 0.901. The molecule has 100 valence electrons. The number of halogens is 1. The lowest BCUT2D eigenvalue weighted by atomic mass is 10.0. The maximum Gasteiger partial charge on any atom is 0.147 e. The molecule has 0 unspecified atom stereocenters. The molecular formula is C15H17FN2O. The van der Waals surface area contributed by atoms with Crippen molar-refractivity contribution < 1.29 is 9.50 Å². The van der Waals surface area contributed by atoms with Crippen molar-refractivity contribution in [1.29, 1.82) is 0 Å². The van der Waals surface area contributed by atoms with Gasteiger partial charge in [-0.3, -0.25) is 0 Å². The summed E-state index contributed by atoms with van der Waals surface area (Å²) in [7, 11) is 0. The van der Waals surface area contributed by atoms with Crippen molar-refractivity contribution in [2.75, 3.05) is 0 Å². The van der Waals surface area contributed by atoms with Crippen LogP contribution in [0.3, 0.4) is 0 Å². The lowest BCUT2D eigenvalue weighted by Gasteiger charge is -2.15. The summed E-state index contributed by atoms with van der Waals surface area (Å²) >= 11 is 0. The SMILES string of the molecule is C[C@@H](O)c1ccc(-n2cnc3c2CCCC3)c(F)c1. The number of hydrogen-bond acceptors (Lipinski definition) is 2. The van der Waals surface area contributed by atoms with Crippen LogP contribution in [0.15, 0.2) is 24.5 Å². The number of imidazole rings is 1. The molecule has 1 aliphatic carbocycles. The van der Waals surface area contributed by atoms with Crippen LogP contribution >= 0.6 is 0 Å². The highest BCUT2D eigenvalue weighted by Gasteiger charge is 2.18. The van der Waals surface area contributed by atoms with Gasteiger partial charge in [-0.2, -0.15) is 0 Å². The van der Waals surface area contributed by atoms with Crippen LogP contribution in [0.1, 0.15) is 42.8 Å². The number of benzene rings is 1. The molecule has 4 heteroatoms. The minimum atomic E-state index is -0.653. The van der Waals surface area contributed by atoms with Gasteiger partial charge in [0.15, 0.2) is 0 Å². The molecule has 1 aromatic carbocycles. The van der Waals surface area contributed by atoms with Gasteiger partial charge in [-0.15, -0.1) is 0 Å². The summed E-state index contributed by atoms with van der Waals surface area (Å²) in [5.74, 6) is -0.316. The third-order valence-electron chi connectivity index (χ3n) is 3.74. The first-order valence-electron chi connectivity index (χ1n) is 6.70. The number of aryl methyl sites for hydroxylation is 1. The Morgan fingerprint density at radius 2 is 2.11 bits per heavy atom. The largest absolute Gasteiger partial charge is 0.389 e. The van der Waals surface area contributed by atoms with E-state index in [4.69, 9.17) is 0 Å². The molecule has 0 radical (unpaired) electrons. The lowest BCUT2D eigenvalue weighted by molar-refractivity contribution is 0.199. The van der Waals surface area contributed by atoms with Gasteiger partial charge in [0.25, 0.3) is 0 Å². The summed E-state index contributed by atoms with van der Waals surface area (Å²) in [5, 5.41) is 9.48. The summed E-state index contributed by atoms with van der Waals surface area (Å²) in [6, 6.07) is 4.88. The van der Waals surface area contributed by atoms with Crippen LogP contribution in [0.25, 0.3) is 5.69 Å². The average Bonchev–Trinajstić information content (AvgIpc) is 2.82. The smallest absolute Gasteiger partial charge is 0.147 e. The fourth-order valence-electron chi connectivity index (χ4n) is 2.66. The van der Waals surface area contributed by atoms with Crippen molar-refractivity contribution in [2.45, 2.75) is 38.7 Å². The number of hydrogen-bond donors (Lipinski definition) is 1. The Balaban J connectivity index is 2.05. The van der Waals surface area contributed by atoms with E-state index < -0.39 is 6.10 Å². The number of aliphatic hydroxyl groups is 1. The van der Waals surface area contributed by atoms with E-state index in [1.165, 1.54) is 6.07 Å². The molecule has 2 aromatic rings. The molecule has 3 rings (SSSR count). The molecule has 0 amide bonds. The van der Waals surface area contributed by atoms with Gasteiger partial charge >= 0.3 is 0 Å². The second kappa shape index (κ2) is 4.78. The molecule has 1 heterocycles. The first-order valence-corrected chi connectivity index (χ1v) is 6.70. The van der Waals surface area contributed by atoms with Gasteiger partial charge in [0.05, 0.1) is 23.8 Å². The highest BCUT2D eigenvalue weighted by molar-refractivity contribution is 5.40. The molecule has 0 spiro atoms. The van der Waals surface area contributed by atoms with Gasteiger partial charge in [0.1, 0.15) is 5.82 Å². The average molecular weight is 260 g/mol. The Labute approximate surface area is 111 Å². The van der Waals surface area contributed by atoms with Gasteiger partial charge in [-0.1, -0.05) is 6.07 Å². The van der Waals surface area contributed by atoms with E-state index in [2.05, 4.69) is 4.98 Å². The highest BCUT2D eigenvalue weighted by atomic mass is 19.1. The van der Waals surface area contributed by atoms with Gasteiger partial charge in [0, 0.05) is 5.69 Å². The van der Waals surface area contributed by atoms with Gasteiger partial charge in [0.2, 0.25) is 0 Å². The minimum absolute atomic E-state index is 0.316. The molecule has 0 bridgehead atoms. The standard InChI is InChI=1S/C15H17FN2O/c1-10(19)11-6-7-14(12(16)8-11)18-9-17-13-4-2-3-5-15(13)18/h6-10,19H,2-5H2,1H3/t10-/m1/s1. The zero-order valence-electron chi connectivity index (χ0n) is 10.9. The maximum absolute atomic E-state index is 14.2. The highest BCUT2D eigenvalue weighted by Crippen LogP contribution is 2.25. The van der Waals surface area contributed by atoms with E-state index in [1.54, 1.807) is 25.4 Å². The van der Waals surface area contributed by atoms with Crippen molar-refractivity contribution in [1.82, 2.24) is 9.55 Å². The van der Waals surface area contributed by atoms with Crippen LogP contribution in [0.4, 0.5) is 4.39 Å². The molecule has 0 fully saturated rings. The maximum atomic E-state index is 14.2. The summed E-state index contributed by atoms with van der Waals surface area (Å²) in [6.07, 6.45) is 5.28. The number of aliphatic hydroxyl groups excluding tert-OH is 1. The number of aromatic nitrogens is 2. The number of nitrogens with zero attached hydrogens (tertiary/aromatic N) is 2. The van der Waals surface area contributed by atoms with Crippen molar-refractivity contribution in [3.63, 3.8) is 0 Å². The van der Waals surface area contributed by atoms with E-state index in [-0.39, 0.29) is 5.82 Å². The topological polar surface area (TPSA) is 38.0 Å². The summed E-state index contributed by atoms with van der Waals surface area (Å²) < 4.78 is 16.0. The third kappa shape index (κ3) is 2.16. The normalized spacial score (nSPS) is 16.2. The molecule has 1 N–H and O–H groups in total. The Bertz CT molecular complexity index is 604. The van der Waals surface area contributed by atoms with E-state index in [9.17, 15) is 9.50 Å². The van der Waals surface area contributed by atoms with Crippen LogP contribution in [-0.4, -0.2) is 14.7 Å². The van der Waals surface area contributed by atoms with Crippen molar-refractivity contribution in [3.05, 3.63) is 47.3 Å². The lowest BCUT2D eigenvalue weighted by Crippen LogP contribution is -2.08. The van der Waals surface area contributed by atoms with Gasteiger partial charge in [-0.05, 0) is 50.3 Å². The molecule has 0 aliphatic heterocycles. The van der Waals surface area contributed by atoms with Crippen LogP contribution in [0.2, 0.25) is 0 Å². The monoisotopic (exact) mass is 260 g/mol. The van der Waals surface area contributed by atoms with Crippen molar-refractivity contribution in [2.24, 2.45) is 0 Å². The Morgan fingerprint density at radius 3 is 2.84 bits per heavy atom. The predicted molar refractivity (Wildman–Crippen MR) is 70.8 cm³/mol. The van der Waals surface area contributed by atoms with Gasteiger partial charge in [-0.25, -0.2) is 9.37 Å². The van der Waals surface area contributed by atoms with Crippen LogP contribution < -0.4 is 0 Å². The summed E-state index contributed by atoms with van der Waals surface area (Å²) in [6.45, 7) is 1.63. The van der Waals surface area contributed by atoms with E-state index in [1.807, 2.05) is 4.57 Å². The second-order valence-electron chi connectivity index (χ2n) is 5.10. The zero-order chi connectivity index (χ0) is 13.4. The van der Waals surface area contributed by atoms with E-state index in [0.717, 1.165) is 37.1 Å². The van der Waals surface area contributed by atoms with E-state index >= 15 is 0 Å². The van der Waals surface area contributed by atoms with Crippen LogP contribution in [0, 0.1) is 5.82 Å². The Hall–Kier alpha value is -1.68. The molecular weight excluding hydrogens is 243 g/mol. The molecule has 1 aliphatic rings. The van der Waals surface area contributed by atoms with Crippen molar-refractivity contribution >= 4 is 0 Å². The molecule has 3 nitrogen and oxygen atoms in total. The summed E-state index contributed by atoms with van der Waals surface area (Å²) in [4.78, 5) is 4.38. The fourth-order valence-corrected chi connectivity index (χ4v) is 2.66.